The number of nitrogens with zero attached hydrogens (tertiary/aromatic N) is 1. The van der Waals surface area contributed by atoms with E-state index in [0.717, 1.165) is 0 Å². The Balaban J connectivity index is 1.87. The summed E-state index contributed by atoms with van der Waals surface area (Å²) in [7, 11) is 0. The highest BCUT2D eigenvalue weighted by molar-refractivity contribution is 6.04. The Labute approximate surface area is 139 Å². The molecule has 7 nitrogen and oxygen atoms in total. The van der Waals surface area contributed by atoms with Gasteiger partial charge < -0.3 is 16.0 Å². The number of nitrogens with one attached hydrogen (secondary N) is 3. The number of benzene rings is 1. The molecule has 1 heterocycles. The zero-order chi connectivity index (χ0) is 17.4. The highest BCUT2D eigenvalue weighted by Gasteiger charge is 2.08. The van der Waals surface area contributed by atoms with Crippen molar-refractivity contribution < 1.29 is 14.4 Å². The first-order chi connectivity index (χ1) is 11.6. The summed E-state index contributed by atoms with van der Waals surface area (Å²) in [5.74, 6) is -0.654. The molecule has 0 aliphatic carbocycles. The standard InChI is InChI=1S/C17H18N4O3/c1-12(22)19-9-10-20-16(23)13-4-6-15(7-5-13)21-17(24)14-3-2-8-18-11-14/h2-8,11H,9-10H2,1H3,(H,19,22)(H,20,23)(H,21,24). The first kappa shape index (κ1) is 17.1. The third kappa shape index (κ3) is 5.20. The lowest BCUT2D eigenvalue weighted by Crippen LogP contribution is -2.33. The van der Waals surface area contributed by atoms with Crippen LogP contribution in [-0.4, -0.2) is 35.8 Å². The molecule has 0 unspecified atom stereocenters. The number of amides is 3. The van der Waals surface area contributed by atoms with Gasteiger partial charge in [-0.25, -0.2) is 0 Å². The predicted molar refractivity (Wildman–Crippen MR) is 89.6 cm³/mol. The second-order valence-corrected chi connectivity index (χ2v) is 5.01. The maximum atomic E-state index is 12.0. The van der Waals surface area contributed by atoms with E-state index in [2.05, 4.69) is 20.9 Å². The summed E-state index contributed by atoms with van der Waals surface area (Å²) < 4.78 is 0. The number of hydrogen-bond acceptors (Lipinski definition) is 4. The molecule has 0 fully saturated rings. The summed E-state index contributed by atoms with van der Waals surface area (Å²) in [6.45, 7) is 2.14. The van der Waals surface area contributed by atoms with Crippen molar-refractivity contribution in [1.29, 1.82) is 0 Å². The van der Waals surface area contributed by atoms with Crippen LogP contribution in [0.5, 0.6) is 0 Å². The molecule has 0 saturated carbocycles. The van der Waals surface area contributed by atoms with E-state index in [-0.39, 0.29) is 17.7 Å². The van der Waals surface area contributed by atoms with E-state index < -0.39 is 0 Å². The molecule has 2 aromatic rings. The van der Waals surface area contributed by atoms with Gasteiger partial charge in [0.2, 0.25) is 5.91 Å². The van der Waals surface area contributed by atoms with Gasteiger partial charge in [-0.05, 0) is 36.4 Å². The van der Waals surface area contributed by atoms with Crippen LogP contribution in [0.25, 0.3) is 0 Å². The number of carbonyl (C=O) groups excluding carboxylic acids is 3. The Bertz CT molecular complexity index is 714. The number of hydrogen-bond donors (Lipinski definition) is 3. The maximum Gasteiger partial charge on any atom is 0.257 e. The minimum atomic E-state index is -0.268. The average Bonchev–Trinajstić information content (AvgIpc) is 2.59. The van der Waals surface area contributed by atoms with E-state index in [1.807, 2.05) is 0 Å². The molecule has 124 valence electrons. The zero-order valence-corrected chi connectivity index (χ0v) is 13.2. The molecule has 0 aliphatic rings. The van der Waals surface area contributed by atoms with Crippen LogP contribution in [0, 0.1) is 0 Å². The molecule has 0 aliphatic heterocycles. The van der Waals surface area contributed by atoms with Gasteiger partial charge in [0.1, 0.15) is 0 Å². The van der Waals surface area contributed by atoms with Crippen LogP contribution in [0.2, 0.25) is 0 Å². The Morgan fingerprint density at radius 3 is 2.25 bits per heavy atom. The fourth-order valence-corrected chi connectivity index (χ4v) is 1.92. The molecular formula is C17H18N4O3. The highest BCUT2D eigenvalue weighted by Crippen LogP contribution is 2.11. The van der Waals surface area contributed by atoms with Gasteiger partial charge in [-0.2, -0.15) is 0 Å². The van der Waals surface area contributed by atoms with Gasteiger partial charge in [0.05, 0.1) is 5.56 Å². The lowest BCUT2D eigenvalue weighted by atomic mass is 10.2. The second kappa shape index (κ2) is 8.42. The van der Waals surface area contributed by atoms with Crippen molar-refractivity contribution in [2.24, 2.45) is 0 Å². The van der Waals surface area contributed by atoms with Crippen molar-refractivity contribution in [2.45, 2.75) is 6.92 Å². The van der Waals surface area contributed by atoms with Crippen LogP contribution in [0.4, 0.5) is 5.69 Å². The third-order valence-corrected chi connectivity index (χ3v) is 3.11. The normalized spacial score (nSPS) is 9.88. The lowest BCUT2D eigenvalue weighted by molar-refractivity contribution is -0.118. The van der Waals surface area contributed by atoms with Gasteiger partial charge in [-0.3, -0.25) is 19.4 Å². The molecule has 1 aromatic heterocycles. The predicted octanol–water partition coefficient (Wildman–Crippen LogP) is 1.20. The minimum absolute atomic E-state index is 0.141. The van der Waals surface area contributed by atoms with E-state index in [4.69, 9.17) is 0 Å². The van der Waals surface area contributed by atoms with Crippen LogP contribution in [0.15, 0.2) is 48.8 Å². The molecule has 24 heavy (non-hydrogen) atoms. The molecule has 0 atom stereocenters. The van der Waals surface area contributed by atoms with Gasteiger partial charge in [-0.15, -0.1) is 0 Å². The van der Waals surface area contributed by atoms with Crippen LogP contribution in [-0.2, 0) is 4.79 Å². The second-order valence-electron chi connectivity index (χ2n) is 5.01. The molecule has 0 saturated heterocycles. The smallest absolute Gasteiger partial charge is 0.257 e. The molecule has 0 spiro atoms. The van der Waals surface area contributed by atoms with Crippen molar-refractivity contribution in [3.05, 3.63) is 59.9 Å². The molecule has 0 bridgehead atoms. The van der Waals surface area contributed by atoms with Crippen molar-refractivity contribution in [3.8, 4) is 0 Å². The van der Waals surface area contributed by atoms with E-state index in [0.29, 0.717) is 29.9 Å². The van der Waals surface area contributed by atoms with Gasteiger partial charge in [0.25, 0.3) is 11.8 Å². The lowest BCUT2D eigenvalue weighted by Gasteiger charge is -2.08. The summed E-state index contributed by atoms with van der Waals surface area (Å²) in [6.07, 6.45) is 3.07. The number of rotatable bonds is 6. The fraction of sp³-hybridized carbons (Fsp3) is 0.176. The molecule has 3 N–H and O–H groups in total. The first-order valence-corrected chi connectivity index (χ1v) is 7.40. The third-order valence-electron chi connectivity index (χ3n) is 3.11. The topological polar surface area (TPSA) is 100 Å². The first-order valence-electron chi connectivity index (χ1n) is 7.40. The summed E-state index contributed by atoms with van der Waals surface area (Å²) in [5, 5.41) is 8.01. The largest absolute Gasteiger partial charge is 0.355 e. The molecule has 3 amide bonds. The quantitative estimate of drug-likeness (QED) is 0.694. The summed E-state index contributed by atoms with van der Waals surface area (Å²) >= 11 is 0. The van der Waals surface area contributed by atoms with Crippen molar-refractivity contribution in [3.63, 3.8) is 0 Å². The van der Waals surface area contributed by atoms with Crippen molar-refractivity contribution >= 4 is 23.4 Å². The minimum Gasteiger partial charge on any atom is -0.355 e. The Morgan fingerprint density at radius 2 is 1.62 bits per heavy atom. The van der Waals surface area contributed by atoms with Crippen LogP contribution in [0.3, 0.4) is 0 Å². The van der Waals surface area contributed by atoms with Gasteiger partial charge in [-0.1, -0.05) is 0 Å². The van der Waals surface area contributed by atoms with Crippen molar-refractivity contribution in [2.75, 3.05) is 18.4 Å². The summed E-state index contributed by atoms with van der Waals surface area (Å²) in [6, 6.07) is 9.88. The van der Waals surface area contributed by atoms with E-state index in [9.17, 15) is 14.4 Å². The fourth-order valence-electron chi connectivity index (χ4n) is 1.92. The van der Waals surface area contributed by atoms with Gasteiger partial charge >= 0.3 is 0 Å². The number of aromatic nitrogens is 1. The molecule has 2 rings (SSSR count). The average molecular weight is 326 g/mol. The highest BCUT2D eigenvalue weighted by atomic mass is 16.2. The number of anilines is 1. The summed E-state index contributed by atoms with van der Waals surface area (Å²) in [5.41, 5.74) is 1.51. The summed E-state index contributed by atoms with van der Waals surface area (Å²) in [4.78, 5) is 38.5. The Kier molecular flexibility index (Phi) is 6.01. The van der Waals surface area contributed by atoms with Gasteiger partial charge in [0, 0.05) is 43.7 Å². The van der Waals surface area contributed by atoms with Crippen molar-refractivity contribution in [1.82, 2.24) is 15.6 Å². The monoisotopic (exact) mass is 326 g/mol. The molecule has 7 heteroatoms. The van der Waals surface area contributed by atoms with E-state index in [1.54, 1.807) is 42.6 Å². The van der Waals surface area contributed by atoms with E-state index >= 15 is 0 Å². The Hall–Kier alpha value is -3.22. The number of carbonyl (C=O) groups is 3. The van der Waals surface area contributed by atoms with E-state index in [1.165, 1.54) is 13.1 Å². The Morgan fingerprint density at radius 1 is 0.917 bits per heavy atom. The SMILES string of the molecule is CC(=O)NCCNC(=O)c1ccc(NC(=O)c2cccnc2)cc1. The number of pyridine rings is 1. The van der Waals surface area contributed by atoms with Crippen LogP contribution >= 0.6 is 0 Å². The molecule has 0 radical (unpaired) electrons. The molecular weight excluding hydrogens is 308 g/mol. The molecule has 1 aromatic carbocycles. The van der Waals surface area contributed by atoms with Gasteiger partial charge in [0.15, 0.2) is 0 Å². The van der Waals surface area contributed by atoms with Crippen LogP contribution in [0.1, 0.15) is 27.6 Å². The maximum absolute atomic E-state index is 12.0. The van der Waals surface area contributed by atoms with Crippen LogP contribution < -0.4 is 16.0 Å². The zero-order valence-electron chi connectivity index (χ0n) is 13.2.